The summed E-state index contributed by atoms with van der Waals surface area (Å²) >= 11 is 0. The molecule has 14 heavy (non-hydrogen) atoms. The van der Waals surface area contributed by atoms with E-state index in [4.69, 9.17) is 0 Å². The molecular formula is C11H20N2O. The van der Waals surface area contributed by atoms with Crippen molar-refractivity contribution in [1.82, 2.24) is 10.2 Å². The molecule has 3 nitrogen and oxygen atoms in total. The SMILES string of the molecule is CCCNC(=O)N1C2CCCC1CC2. The summed E-state index contributed by atoms with van der Waals surface area (Å²) in [5.74, 6) is 0. The highest BCUT2D eigenvalue weighted by atomic mass is 16.2. The second kappa shape index (κ2) is 4.20. The molecule has 0 spiro atoms. The molecule has 1 N–H and O–H groups in total. The fourth-order valence-corrected chi connectivity index (χ4v) is 2.77. The van der Waals surface area contributed by atoms with E-state index in [0.717, 1.165) is 13.0 Å². The second-order valence-electron chi connectivity index (χ2n) is 4.46. The molecule has 3 heteroatoms. The average Bonchev–Trinajstić information content (AvgIpc) is 2.45. The standard InChI is InChI=1S/C11H20N2O/c1-2-8-12-11(14)13-9-4-3-5-10(13)7-6-9/h9-10H,2-8H2,1H3,(H,12,14). The lowest BCUT2D eigenvalue weighted by Crippen LogP contribution is -2.49. The summed E-state index contributed by atoms with van der Waals surface area (Å²) in [6.45, 7) is 2.90. The Kier molecular flexibility index (Phi) is 2.94. The molecule has 2 heterocycles. The van der Waals surface area contributed by atoms with E-state index in [0.29, 0.717) is 12.1 Å². The molecule has 80 valence electrons. The summed E-state index contributed by atoms with van der Waals surface area (Å²) in [6.07, 6.45) is 7.22. The molecule has 0 aromatic heterocycles. The molecule has 2 fully saturated rings. The molecule has 0 aromatic rings. The van der Waals surface area contributed by atoms with Crippen molar-refractivity contribution in [3.8, 4) is 0 Å². The van der Waals surface area contributed by atoms with Crippen LogP contribution in [-0.4, -0.2) is 29.6 Å². The second-order valence-corrected chi connectivity index (χ2v) is 4.46. The van der Waals surface area contributed by atoms with Gasteiger partial charge in [-0.3, -0.25) is 0 Å². The maximum absolute atomic E-state index is 11.8. The lowest BCUT2D eigenvalue weighted by atomic mass is 10.0. The van der Waals surface area contributed by atoms with Gasteiger partial charge in [-0.1, -0.05) is 6.92 Å². The van der Waals surface area contributed by atoms with Crippen LogP contribution < -0.4 is 5.32 Å². The van der Waals surface area contributed by atoms with Crippen LogP contribution in [0.4, 0.5) is 4.79 Å². The Morgan fingerprint density at radius 2 is 1.93 bits per heavy atom. The topological polar surface area (TPSA) is 32.3 Å². The van der Waals surface area contributed by atoms with Crippen molar-refractivity contribution in [2.45, 2.75) is 57.5 Å². The van der Waals surface area contributed by atoms with Crippen molar-refractivity contribution in [2.24, 2.45) is 0 Å². The van der Waals surface area contributed by atoms with Gasteiger partial charge < -0.3 is 10.2 Å². The predicted molar refractivity (Wildman–Crippen MR) is 56.2 cm³/mol. The van der Waals surface area contributed by atoms with Crippen LogP contribution in [0.5, 0.6) is 0 Å². The Morgan fingerprint density at radius 3 is 2.50 bits per heavy atom. The van der Waals surface area contributed by atoms with Gasteiger partial charge in [-0.15, -0.1) is 0 Å². The molecule has 2 unspecified atom stereocenters. The molecule has 2 saturated heterocycles. The Balaban J connectivity index is 1.93. The first-order valence-electron chi connectivity index (χ1n) is 5.89. The van der Waals surface area contributed by atoms with Crippen LogP contribution in [-0.2, 0) is 0 Å². The molecule has 2 amide bonds. The first-order chi connectivity index (χ1) is 6.83. The number of carbonyl (C=O) groups excluding carboxylic acids is 1. The van der Waals surface area contributed by atoms with Gasteiger partial charge in [0.15, 0.2) is 0 Å². The fraction of sp³-hybridized carbons (Fsp3) is 0.909. The van der Waals surface area contributed by atoms with Crippen LogP contribution in [0.15, 0.2) is 0 Å². The van der Waals surface area contributed by atoms with Crippen molar-refractivity contribution >= 4 is 6.03 Å². The van der Waals surface area contributed by atoms with Crippen LogP contribution in [0, 0.1) is 0 Å². The minimum absolute atomic E-state index is 0.180. The van der Waals surface area contributed by atoms with E-state index in [2.05, 4.69) is 17.1 Å². The molecule has 0 saturated carbocycles. The summed E-state index contributed by atoms with van der Waals surface area (Å²) in [5, 5.41) is 2.99. The molecular weight excluding hydrogens is 176 g/mol. The zero-order chi connectivity index (χ0) is 9.97. The van der Waals surface area contributed by atoms with E-state index in [1.165, 1.54) is 32.1 Å². The van der Waals surface area contributed by atoms with Crippen LogP contribution in [0.2, 0.25) is 0 Å². The van der Waals surface area contributed by atoms with Crippen LogP contribution in [0.3, 0.4) is 0 Å². The Morgan fingerprint density at radius 1 is 1.29 bits per heavy atom. The predicted octanol–water partition coefficient (Wildman–Crippen LogP) is 2.12. The number of nitrogens with zero attached hydrogens (tertiary/aromatic N) is 1. The van der Waals surface area contributed by atoms with Crippen molar-refractivity contribution in [1.29, 1.82) is 0 Å². The monoisotopic (exact) mass is 196 g/mol. The normalized spacial score (nSPS) is 30.5. The third kappa shape index (κ3) is 1.72. The molecule has 0 aromatic carbocycles. The Bertz CT molecular complexity index is 201. The highest BCUT2D eigenvalue weighted by molar-refractivity contribution is 5.75. The van der Waals surface area contributed by atoms with Crippen molar-refractivity contribution in [3.05, 3.63) is 0 Å². The molecule has 0 aliphatic carbocycles. The number of rotatable bonds is 2. The highest BCUT2D eigenvalue weighted by Gasteiger charge is 2.39. The maximum Gasteiger partial charge on any atom is 0.317 e. The quantitative estimate of drug-likeness (QED) is 0.721. The smallest absolute Gasteiger partial charge is 0.317 e. The van der Waals surface area contributed by atoms with E-state index < -0.39 is 0 Å². The van der Waals surface area contributed by atoms with Gasteiger partial charge in [0.05, 0.1) is 0 Å². The molecule has 2 atom stereocenters. The first-order valence-corrected chi connectivity index (χ1v) is 5.89. The molecule has 0 radical (unpaired) electrons. The minimum atomic E-state index is 0.180. The Labute approximate surface area is 85.8 Å². The van der Waals surface area contributed by atoms with Gasteiger partial charge in [-0.25, -0.2) is 4.79 Å². The summed E-state index contributed by atoms with van der Waals surface area (Å²) in [4.78, 5) is 13.9. The zero-order valence-corrected chi connectivity index (χ0v) is 8.96. The lowest BCUT2D eigenvalue weighted by molar-refractivity contribution is 0.147. The summed E-state index contributed by atoms with van der Waals surface area (Å²) < 4.78 is 0. The molecule has 2 rings (SSSR count). The van der Waals surface area contributed by atoms with Gasteiger partial charge in [0.25, 0.3) is 0 Å². The Hall–Kier alpha value is -0.730. The summed E-state index contributed by atoms with van der Waals surface area (Å²) in [7, 11) is 0. The number of urea groups is 1. The highest BCUT2D eigenvalue weighted by Crippen LogP contribution is 2.35. The molecule has 2 aliphatic rings. The van der Waals surface area contributed by atoms with Gasteiger partial charge in [0.2, 0.25) is 0 Å². The van der Waals surface area contributed by atoms with Crippen LogP contribution in [0.25, 0.3) is 0 Å². The third-order valence-corrected chi connectivity index (χ3v) is 3.46. The van der Waals surface area contributed by atoms with E-state index in [9.17, 15) is 4.79 Å². The summed E-state index contributed by atoms with van der Waals surface area (Å²) in [5.41, 5.74) is 0. The summed E-state index contributed by atoms with van der Waals surface area (Å²) in [6, 6.07) is 1.27. The minimum Gasteiger partial charge on any atom is -0.338 e. The number of nitrogens with one attached hydrogen (secondary N) is 1. The van der Waals surface area contributed by atoms with Crippen LogP contribution >= 0.6 is 0 Å². The van der Waals surface area contributed by atoms with Crippen molar-refractivity contribution < 1.29 is 4.79 Å². The van der Waals surface area contributed by atoms with Gasteiger partial charge in [-0.2, -0.15) is 0 Å². The third-order valence-electron chi connectivity index (χ3n) is 3.46. The number of piperidine rings is 1. The zero-order valence-electron chi connectivity index (χ0n) is 8.96. The van der Waals surface area contributed by atoms with Crippen LogP contribution in [0.1, 0.15) is 45.4 Å². The van der Waals surface area contributed by atoms with Gasteiger partial charge in [0.1, 0.15) is 0 Å². The van der Waals surface area contributed by atoms with Crippen molar-refractivity contribution in [2.75, 3.05) is 6.54 Å². The largest absolute Gasteiger partial charge is 0.338 e. The molecule has 2 aliphatic heterocycles. The number of amides is 2. The fourth-order valence-electron chi connectivity index (χ4n) is 2.77. The van der Waals surface area contributed by atoms with Gasteiger partial charge in [0, 0.05) is 18.6 Å². The number of fused-ring (bicyclic) bond motifs is 2. The lowest BCUT2D eigenvalue weighted by Gasteiger charge is -2.34. The van der Waals surface area contributed by atoms with E-state index >= 15 is 0 Å². The van der Waals surface area contributed by atoms with Gasteiger partial charge >= 0.3 is 6.03 Å². The number of hydrogen-bond acceptors (Lipinski definition) is 1. The molecule has 2 bridgehead atoms. The van der Waals surface area contributed by atoms with E-state index in [-0.39, 0.29) is 6.03 Å². The number of hydrogen-bond donors (Lipinski definition) is 1. The van der Waals surface area contributed by atoms with E-state index in [1.54, 1.807) is 0 Å². The first kappa shape index (κ1) is 9.81. The van der Waals surface area contributed by atoms with Crippen molar-refractivity contribution in [3.63, 3.8) is 0 Å². The maximum atomic E-state index is 11.8. The van der Waals surface area contributed by atoms with Gasteiger partial charge in [-0.05, 0) is 38.5 Å². The number of carbonyl (C=O) groups is 1. The average molecular weight is 196 g/mol. The van der Waals surface area contributed by atoms with E-state index in [1.807, 2.05) is 0 Å².